The van der Waals surface area contributed by atoms with Crippen molar-refractivity contribution in [3.63, 3.8) is 0 Å². The molecule has 3 rings (SSSR count). The Labute approximate surface area is 166 Å². The fourth-order valence-corrected chi connectivity index (χ4v) is 3.09. The lowest BCUT2D eigenvalue weighted by Crippen LogP contribution is -2.48. The molecule has 0 bridgehead atoms. The van der Waals surface area contributed by atoms with Gasteiger partial charge in [-0.2, -0.15) is 0 Å². The zero-order valence-corrected chi connectivity index (χ0v) is 16.8. The Morgan fingerprint density at radius 2 is 1.82 bits per heavy atom. The number of rotatable bonds is 4. The summed E-state index contributed by atoms with van der Waals surface area (Å²) in [6.07, 6.45) is 3.66. The van der Waals surface area contributed by atoms with Crippen LogP contribution < -0.4 is 5.32 Å². The number of anilines is 1. The molecule has 0 atom stereocenters. The third kappa shape index (κ3) is 5.16. The Balaban J connectivity index is 1.58. The molecule has 0 radical (unpaired) electrons. The van der Waals surface area contributed by atoms with Gasteiger partial charge in [-0.1, -0.05) is 32.9 Å². The standard InChI is InChI=1S/C22H28N4O2/c1-22(2,3)21(28)24-19-8-4-7-18(14-19)20(27)26-12-10-25(11-13-26)16-17-6-5-9-23-15-17/h4-9,14-15H,10-13,16H2,1-3H3,(H,24,28). The van der Waals surface area contributed by atoms with E-state index in [4.69, 9.17) is 0 Å². The van der Waals surface area contributed by atoms with E-state index in [-0.39, 0.29) is 11.8 Å². The minimum Gasteiger partial charge on any atom is -0.336 e. The molecule has 1 N–H and O–H groups in total. The molecule has 0 saturated carbocycles. The molecule has 1 aromatic heterocycles. The smallest absolute Gasteiger partial charge is 0.254 e. The zero-order valence-electron chi connectivity index (χ0n) is 16.8. The van der Waals surface area contributed by atoms with Crippen LogP contribution in [0.15, 0.2) is 48.8 Å². The molecule has 1 fully saturated rings. The molecule has 0 unspecified atom stereocenters. The summed E-state index contributed by atoms with van der Waals surface area (Å²) < 4.78 is 0. The van der Waals surface area contributed by atoms with Gasteiger partial charge in [0.2, 0.25) is 5.91 Å². The van der Waals surface area contributed by atoms with Crippen LogP contribution in [0.4, 0.5) is 5.69 Å². The first-order valence-electron chi connectivity index (χ1n) is 9.65. The highest BCUT2D eigenvalue weighted by atomic mass is 16.2. The van der Waals surface area contributed by atoms with Crippen molar-refractivity contribution in [3.05, 3.63) is 59.9 Å². The molecule has 28 heavy (non-hydrogen) atoms. The molecule has 6 nitrogen and oxygen atoms in total. The SMILES string of the molecule is CC(C)(C)C(=O)Nc1cccc(C(=O)N2CCN(Cc3cccnc3)CC2)c1. The fraction of sp³-hybridized carbons (Fsp3) is 0.409. The number of amides is 2. The monoisotopic (exact) mass is 380 g/mol. The number of aromatic nitrogens is 1. The van der Waals surface area contributed by atoms with E-state index in [1.807, 2.05) is 50.1 Å². The quantitative estimate of drug-likeness (QED) is 0.885. The average molecular weight is 380 g/mol. The van der Waals surface area contributed by atoms with Crippen molar-refractivity contribution in [3.8, 4) is 0 Å². The lowest BCUT2D eigenvalue weighted by molar-refractivity contribution is -0.123. The van der Waals surface area contributed by atoms with Crippen LogP contribution in [-0.2, 0) is 11.3 Å². The van der Waals surface area contributed by atoms with Crippen molar-refractivity contribution in [2.75, 3.05) is 31.5 Å². The highest BCUT2D eigenvalue weighted by molar-refractivity contribution is 5.98. The van der Waals surface area contributed by atoms with Gasteiger partial charge in [-0.3, -0.25) is 19.5 Å². The van der Waals surface area contributed by atoms with Gasteiger partial charge in [-0.25, -0.2) is 0 Å². The van der Waals surface area contributed by atoms with Gasteiger partial charge in [0, 0.05) is 61.8 Å². The summed E-state index contributed by atoms with van der Waals surface area (Å²) in [6, 6.07) is 11.2. The second-order valence-corrected chi connectivity index (χ2v) is 8.21. The van der Waals surface area contributed by atoms with E-state index in [9.17, 15) is 9.59 Å². The molecule has 2 heterocycles. The second-order valence-electron chi connectivity index (χ2n) is 8.21. The Morgan fingerprint density at radius 1 is 1.07 bits per heavy atom. The minimum atomic E-state index is -0.482. The summed E-state index contributed by atoms with van der Waals surface area (Å²) in [5.41, 5.74) is 1.96. The Kier molecular flexibility index (Phi) is 6.09. The zero-order chi connectivity index (χ0) is 20.1. The molecule has 1 aliphatic rings. The molecule has 0 spiro atoms. The van der Waals surface area contributed by atoms with Crippen LogP contribution >= 0.6 is 0 Å². The average Bonchev–Trinajstić information content (AvgIpc) is 2.68. The van der Waals surface area contributed by atoms with Gasteiger partial charge in [0.05, 0.1) is 0 Å². The molecular formula is C22H28N4O2. The van der Waals surface area contributed by atoms with E-state index < -0.39 is 5.41 Å². The first-order valence-corrected chi connectivity index (χ1v) is 9.65. The number of pyridine rings is 1. The lowest BCUT2D eigenvalue weighted by Gasteiger charge is -2.34. The van der Waals surface area contributed by atoms with Crippen molar-refractivity contribution in [2.24, 2.45) is 5.41 Å². The Bertz CT molecular complexity index is 822. The van der Waals surface area contributed by atoms with E-state index in [1.165, 1.54) is 5.56 Å². The Morgan fingerprint density at radius 3 is 2.46 bits per heavy atom. The number of hydrogen-bond acceptors (Lipinski definition) is 4. The van der Waals surface area contributed by atoms with E-state index >= 15 is 0 Å². The van der Waals surface area contributed by atoms with Crippen LogP contribution in [0.1, 0.15) is 36.7 Å². The van der Waals surface area contributed by atoms with Gasteiger partial charge in [0.25, 0.3) is 5.91 Å². The normalized spacial score (nSPS) is 15.3. The largest absolute Gasteiger partial charge is 0.336 e. The van der Waals surface area contributed by atoms with Crippen LogP contribution in [0.25, 0.3) is 0 Å². The highest BCUT2D eigenvalue weighted by Crippen LogP contribution is 2.19. The maximum absolute atomic E-state index is 12.9. The van der Waals surface area contributed by atoms with Gasteiger partial charge in [-0.15, -0.1) is 0 Å². The summed E-state index contributed by atoms with van der Waals surface area (Å²) in [5.74, 6) is -0.0611. The fourth-order valence-electron chi connectivity index (χ4n) is 3.09. The molecule has 6 heteroatoms. The van der Waals surface area contributed by atoms with Crippen LogP contribution in [0, 0.1) is 5.41 Å². The van der Waals surface area contributed by atoms with E-state index in [2.05, 4.69) is 21.3 Å². The predicted octanol–water partition coefficient (Wildman–Crippen LogP) is 3.02. The lowest BCUT2D eigenvalue weighted by atomic mass is 9.95. The molecule has 1 saturated heterocycles. The first kappa shape index (κ1) is 20.0. The van der Waals surface area contributed by atoms with Crippen molar-refractivity contribution in [1.29, 1.82) is 0 Å². The number of nitrogens with zero attached hydrogens (tertiary/aromatic N) is 3. The summed E-state index contributed by atoms with van der Waals surface area (Å²) in [6.45, 7) is 9.49. The second kappa shape index (κ2) is 8.52. The van der Waals surface area contributed by atoms with E-state index in [1.54, 1.807) is 18.3 Å². The van der Waals surface area contributed by atoms with Gasteiger partial charge >= 0.3 is 0 Å². The third-order valence-electron chi connectivity index (χ3n) is 4.84. The molecule has 2 aromatic rings. The summed E-state index contributed by atoms with van der Waals surface area (Å²) in [5, 5.41) is 2.89. The molecule has 2 amide bonds. The maximum atomic E-state index is 12.9. The van der Waals surface area contributed by atoms with Crippen molar-refractivity contribution in [2.45, 2.75) is 27.3 Å². The van der Waals surface area contributed by atoms with Crippen LogP contribution in [0.2, 0.25) is 0 Å². The van der Waals surface area contributed by atoms with Crippen LogP contribution in [0.3, 0.4) is 0 Å². The van der Waals surface area contributed by atoms with Gasteiger partial charge < -0.3 is 10.2 Å². The number of nitrogens with one attached hydrogen (secondary N) is 1. The number of piperazine rings is 1. The molecular weight excluding hydrogens is 352 g/mol. The molecule has 0 aliphatic carbocycles. The summed E-state index contributed by atoms with van der Waals surface area (Å²) in [7, 11) is 0. The maximum Gasteiger partial charge on any atom is 0.254 e. The minimum absolute atomic E-state index is 0.00730. The summed E-state index contributed by atoms with van der Waals surface area (Å²) in [4.78, 5) is 33.4. The number of benzene rings is 1. The van der Waals surface area contributed by atoms with Crippen molar-refractivity contribution in [1.82, 2.24) is 14.8 Å². The molecule has 148 valence electrons. The van der Waals surface area contributed by atoms with Gasteiger partial charge in [0.15, 0.2) is 0 Å². The van der Waals surface area contributed by atoms with Gasteiger partial charge in [-0.05, 0) is 29.8 Å². The van der Waals surface area contributed by atoms with Crippen LogP contribution in [0.5, 0.6) is 0 Å². The van der Waals surface area contributed by atoms with Crippen molar-refractivity contribution >= 4 is 17.5 Å². The van der Waals surface area contributed by atoms with Gasteiger partial charge in [0.1, 0.15) is 0 Å². The van der Waals surface area contributed by atoms with Crippen LogP contribution in [-0.4, -0.2) is 52.8 Å². The topological polar surface area (TPSA) is 65.5 Å². The molecule has 1 aliphatic heterocycles. The van der Waals surface area contributed by atoms with Crippen molar-refractivity contribution < 1.29 is 9.59 Å². The first-order chi connectivity index (χ1) is 13.3. The Hall–Kier alpha value is -2.73. The van der Waals surface area contributed by atoms with E-state index in [0.717, 1.165) is 19.6 Å². The summed E-state index contributed by atoms with van der Waals surface area (Å²) >= 11 is 0. The number of hydrogen-bond donors (Lipinski definition) is 1. The number of carbonyl (C=O) groups excluding carboxylic acids is 2. The third-order valence-corrected chi connectivity index (χ3v) is 4.84. The van der Waals surface area contributed by atoms with E-state index in [0.29, 0.717) is 24.3 Å². The molecule has 1 aromatic carbocycles. The number of carbonyl (C=O) groups is 2. The predicted molar refractivity (Wildman–Crippen MR) is 110 cm³/mol. The highest BCUT2D eigenvalue weighted by Gasteiger charge is 2.24.